The molecule has 0 aliphatic heterocycles. The van der Waals surface area contributed by atoms with Crippen molar-refractivity contribution in [3.63, 3.8) is 0 Å². The predicted octanol–water partition coefficient (Wildman–Crippen LogP) is 2.97. The van der Waals surface area contributed by atoms with Crippen molar-refractivity contribution in [1.29, 1.82) is 0 Å². The molecule has 1 unspecified atom stereocenters. The van der Waals surface area contributed by atoms with Gasteiger partial charge in [-0.05, 0) is 31.7 Å². The fourth-order valence-corrected chi connectivity index (χ4v) is 2.44. The summed E-state index contributed by atoms with van der Waals surface area (Å²) in [5, 5.41) is 3.48. The number of hydrogen-bond acceptors (Lipinski definition) is 2. The second-order valence-electron chi connectivity index (χ2n) is 4.73. The van der Waals surface area contributed by atoms with Gasteiger partial charge in [0.05, 0.1) is 6.61 Å². The SMILES string of the molecule is CCCC(COCC1CCCC1)NCC. The second kappa shape index (κ2) is 8.12. The number of hydrogen-bond donors (Lipinski definition) is 1. The van der Waals surface area contributed by atoms with Crippen molar-refractivity contribution in [3.05, 3.63) is 0 Å². The Morgan fingerprint density at radius 2 is 2.00 bits per heavy atom. The van der Waals surface area contributed by atoms with Crippen molar-refractivity contribution in [1.82, 2.24) is 5.32 Å². The van der Waals surface area contributed by atoms with Crippen LogP contribution in [0, 0.1) is 5.92 Å². The van der Waals surface area contributed by atoms with Gasteiger partial charge in [-0.25, -0.2) is 0 Å². The summed E-state index contributed by atoms with van der Waals surface area (Å²) >= 11 is 0. The van der Waals surface area contributed by atoms with Crippen LogP contribution in [0.4, 0.5) is 0 Å². The third-order valence-electron chi connectivity index (χ3n) is 3.28. The quantitative estimate of drug-likeness (QED) is 0.669. The van der Waals surface area contributed by atoms with Crippen LogP contribution in [0.1, 0.15) is 52.4 Å². The Morgan fingerprint density at radius 1 is 1.27 bits per heavy atom. The highest BCUT2D eigenvalue weighted by molar-refractivity contribution is 4.68. The molecule has 1 N–H and O–H groups in total. The molecular weight excluding hydrogens is 186 g/mol. The van der Waals surface area contributed by atoms with E-state index in [1.165, 1.54) is 38.5 Å². The molecule has 1 aliphatic rings. The zero-order chi connectivity index (χ0) is 10.9. The third-order valence-corrected chi connectivity index (χ3v) is 3.28. The third kappa shape index (κ3) is 5.53. The standard InChI is InChI=1S/C13H27NO/c1-3-7-13(14-4-2)11-15-10-12-8-5-6-9-12/h12-14H,3-11H2,1-2H3. The summed E-state index contributed by atoms with van der Waals surface area (Å²) in [5.41, 5.74) is 0. The van der Waals surface area contributed by atoms with Gasteiger partial charge >= 0.3 is 0 Å². The summed E-state index contributed by atoms with van der Waals surface area (Å²) in [5.74, 6) is 0.855. The molecule has 2 heteroatoms. The van der Waals surface area contributed by atoms with Gasteiger partial charge in [-0.2, -0.15) is 0 Å². The minimum absolute atomic E-state index is 0.571. The molecule has 0 saturated heterocycles. The smallest absolute Gasteiger partial charge is 0.0619 e. The molecule has 0 spiro atoms. The molecule has 0 radical (unpaired) electrons. The van der Waals surface area contributed by atoms with Crippen molar-refractivity contribution >= 4 is 0 Å². The molecule has 1 atom stereocenters. The predicted molar refractivity (Wildman–Crippen MR) is 65.1 cm³/mol. The van der Waals surface area contributed by atoms with Crippen molar-refractivity contribution in [2.24, 2.45) is 5.92 Å². The first-order chi connectivity index (χ1) is 7.36. The van der Waals surface area contributed by atoms with Gasteiger partial charge in [0.15, 0.2) is 0 Å². The fraction of sp³-hybridized carbons (Fsp3) is 1.00. The normalized spacial score (nSPS) is 19.6. The Kier molecular flexibility index (Phi) is 7.03. The first kappa shape index (κ1) is 13.0. The van der Waals surface area contributed by atoms with E-state index in [0.29, 0.717) is 6.04 Å². The summed E-state index contributed by atoms with van der Waals surface area (Å²) < 4.78 is 5.82. The molecule has 0 bridgehead atoms. The van der Waals surface area contributed by atoms with E-state index < -0.39 is 0 Å². The molecule has 1 fully saturated rings. The highest BCUT2D eigenvalue weighted by Gasteiger charge is 2.15. The lowest BCUT2D eigenvalue weighted by Crippen LogP contribution is -2.33. The number of rotatable bonds is 8. The summed E-state index contributed by atoms with van der Waals surface area (Å²) in [4.78, 5) is 0. The highest BCUT2D eigenvalue weighted by Crippen LogP contribution is 2.24. The van der Waals surface area contributed by atoms with Crippen LogP contribution in [0.2, 0.25) is 0 Å². The summed E-state index contributed by atoms with van der Waals surface area (Å²) in [6, 6.07) is 0.571. The van der Waals surface area contributed by atoms with Crippen LogP contribution in [0.25, 0.3) is 0 Å². The van der Waals surface area contributed by atoms with E-state index in [-0.39, 0.29) is 0 Å². The lowest BCUT2D eigenvalue weighted by molar-refractivity contribution is 0.0811. The Hall–Kier alpha value is -0.0800. The van der Waals surface area contributed by atoms with Crippen LogP contribution in [-0.2, 0) is 4.74 Å². The molecular formula is C13H27NO. The fourth-order valence-electron chi connectivity index (χ4n) is 2.44. The van der Waals surface area contributed by atoms with Gasteiger partial charge in [0.1, 0.15) is 0 Å². The molecule has 1 saturated carbocycles. The van der Waals surface area contributed by atoms with Gasteiger partial charge in [0.2, 0.25) is 0 Å². The Bertz CT molecular complexity index is 137. The molecule has 0 amide bonds. The van der Waals surface area contributed by atoms with Crippen molar-refractivity contribution < 1.29 is 4.74 Å². The molecule has 0 heterocycles. The monoisotopic (exact) mass is 213 g/mol. The van der Waals surface area contributed by atoms with E-state index >= 15 is 0 Å². The molecule has 15 heavy (non-hydrogen) atoms. The van der Waals surface area contributed by atoms with Crippen LogP contribution in [-0.4, -0.2) is 25.8 Å². The molecule has 1 rings (SSSR count). The first-order valence-corrected chi connectivity index (χ1v) is 6.68. The van der Waals surface area contributed by atoms with Gasteiger partial charge in [-0.15, -0.1) is 0 Å². The maximum absolute atomic E-state index is 5.82. The molecule has 90 valence electrons. The number of nitrogens with one attached hydrogen (secondary N) is 1. The van der Waals surface area contributed by atoms with Crippen LogP contribution in [0.15, 0.2) is 0 Å². The average Bonchev–Trinajstić information content (AvgIpc) is 2.71. The van der Waals surface area contributed by atoms with Crippen LogP contribution >= 0.6 is 0 Å². The van der Waals surface area contributed by atoms with E-state index in [4.69, 9.17) is 4.74 Å². The Morgan fingerprint density at radius 3 is 2.60 bits per heavy atom. The van der Waals surface area contributed by atoms with Gasteiger partial charge in [-0.3, -0.25) is 0 Å². The highest BCUT2D eigenvalue weighted by atomic mass is 16.5. The average molecular weight is 213 g/mol. The second-order valence-corrected chi connectivity index (χ2v) is 4.73. The lowest BCUT2D eigenvalue weighted by atomic mass is 10.1. The van der Waals surface area contributed by atoms with E-state index in [1.54, 1.807) is 0 Å². The van der Waals surface area contributed by atoms with Gasteiger partial charge in [0, 0.05) is 12.6 Å². The summed E-state index contributed by atoms with van der Waals surface area (Å²) in [6.07, 6.45) is 8.08. The minimum Gasteiger partial charge on any atom is -0.380 e. The maximum atomic E-state index is 5.82. The zero-order valence-corrected chi connectivity index (χ0v) is 10.4. The Labute approximate surface area is 94.8 Å². The van der Waals surface area contributed by atoms with Gasteiger partial charge < -0.3 is 10.1 Å². The van der Waals surface area contributed by atoms with E-state index in [2.05, 4.69) is 19.2 Å². The van der Waals surface area contributed by atoms with Crippen molar-refractivity contribution in [3.8, 4) is 0 Å². The zero-order valence-electron chi connectivity index (χ0n) is 10.4. The maximum Gasteiger partial charge on any atom is 0.0619 e. The minimum atomic E-state index is 0.571. The van der Waals surface area contributed by atoms with Crippen LogP contribution in [0.3, 0.4) is 0 Å². The number of likely N-dealkylation sites (N-methyl/N-ethyl adjacent to an activating group) is 1. The van der Waals surface area contributed by atoms with Crippen LogP contribution in [0.5, 0.6) is 0 Å². The molecule has 0 aromatic carbocycles. The number of ether oxygens (including phenoxy) is 1. The van der Waals surface area contributed by atoms with Crippen molar-refractivity contribution in [2.75, 3.05) is 19.8 Å². The van der Waals surface area contributed by atoms with E-state index in [0.717, 1.165) is 25.7 Å². The van der Waals surface area contributed by atoms with E-state index in [1.807, 2.05) is 0 Å². The van der Waals surface area contributed by atoms with Gasteiger partial charge in [0.25, 0.3) is 0 Å². The van der Waals surface area contributed by atoms with Crippen molar-refractivity contribution in [2.45, 2.75) is 58.4 Å². The molecule has 1 aliphatic carbocycles. The molecule has 0 aromatic rings. The molecule has 2 nitrogen and oxygen atoms in total. The topological polar surface area (TPSA) is 21.3 Å². The van der Waals surface area contributed by atoms with E-state index in [9.17, 15) is 0 Å². The van der Waals surface area contributed by atoms with Gasteiger partial charge in [-0.1, -0.05) is 33.1 Å². The first-order valence-electron chi connectivity index (χ1n) is 6.68. The summed E-state index contributed by atoms with van der Waals surface area (Å²) in [7, 11) is 0. The Balaban J connectivity index is 2.04. The molecule has 0 aromatic heterocycles. The largest absolute Gasteiger partial charge is 0.380 e. The summed E-state index contributed by atoms with van der Waals surface area (Å²) in [6.45, 7) is 7.35. The van der Waals surface area contributed by atoms with Crippen LogP contribution < -0.4 is 5.32 Å². The lowest BCUT2D eigenvalue weighted by Gasteiger charge is -2.18.